The molecule has 0 aliphatic rings. The first-order chi connectivity index (χ1) is 20.1. The van der Waals surface area contributed by atoms with Gasteiger partial charge in [-0.15, -0.1) is 0 Å². The van der Waals surface area contributed by atoms with Crippen LogP contribution in [0.25, 0.3) is 0 Å². The molecule has 0 aliphatic carbocycles. The topological polar surface area (TPSA) is 138 Å². The summed E-state index contributed by atoms with van der Waals surface area (Å²) in [4.78, 5) is 45.4. The summed E-state index contributed by atoms with van der Waals surface area (Å²) in [6.45, 7) is 0. The van der Waals surface area contributed by atoms with Crippen LogP contribution in [0, 0.1) is 0 Å². The van der Waals surface area contributed by atoms with E-state index in [2.05, 4.69) is 61.1 Å². The van der Waals surface area contributed by atoms with Crippen LogP contribution in [0.2, 0.25) is 0 Å². The number of carboxylic acid groups (broad SMARTS) is 2. The number of anilines is 2. The molecule has 2 aromatic carbocycles. The van der Waals surface area contributed by atoms with Gasteiger partial charge >= 0.3 is 49.0 Å². The van der Waals surface area contributed by atoms with Crippen molar-refractivity contribution in [2.24, 2.45) is 0 Å². The summed E-state index contributed by atoms with van der Waals surface area (Å²) >= 11 is 17.2. The molecule has 14 heteroatoms. The van der Waals surface area contributed by atoms with Crippen LogP contribution in [0.15, 0.2) is 48.5 Å². The third-order valence-electron chi connectivity index (χ3n) is 6.15. The van der Waals surface area contributed by atoms with E-state index in [1.54, 1.807) is 36.4 Å². The van der Waals surface area contributed by atoms with Crippen molar-refractivity contribution in [2.75, 3.05) is 22.1 Å². The van der Waals surface area contributed by atoms with Crippen LogP contribution in [0.3, 0.4) is 0 Å². The molecule has 2 atom stereocenters. The summed E-state index contributed by atoms with van der Waals surface area (Å²) in [5, 5.41) is 27.7. The number of aromatic carboxylic acids is 2. The molecule has 0 saturated heterocycles. The number of hydrogen-bond donors (Lipinski definition) is 6. The molecule has 8 nitrogen and oxygen atoms in total. The Morgan fingerprint density at radius 1 is 0.636 bits per heavy atom. The number of hydrogen-bond acceptors (Lipinski definition) is 10. The maximum absolute atomic E-state index is 11.8. The fourth-order valence-corrected chi connectivity index (χ4v) is 5.54. The van der Waals surface area contributed by atoms with Crippen molar-refractivity contribution in [3.63, 3.8) is 0 Å². The average Bonchev–Trinajstić information content (AvgIpc) is 2.94. The van der Waals surface area contributed by atoms with Gasteiger partial charge < -0.3 is 31.9 Å². The van der Waals surface area contributed by atoms with Crippen molar-refractivity contribution >= 4 is 85.6 Å². The molecule has 0 saturated carbocycles. The van der Waals surface area contributed by atoms with E-state index < -0.39 is 11.9 Å². The molecule has 0 heterocycles. The minimum absolute atomic E-state index is 0. The molecule has 0 aromatic heterocycles. The van der Waals surface area contributed by atoms with E-state index in [0.29, 0.717) is 23.3 Å². The Morgan fingerprint density at radius 2 is 0.977 bits per heavy atom. The summed E-state index contributed by atoms with van der Waals surface area (Å²) in [5.41, 5.74) is 0.555. The Balaban J connectivity index is -0.000000735. The molecule has 2 amide bonds. The third kappa shape index (κ3) is 20.5. The summed E-state index contributed by atoms with van der Waals surface area (Å²) in [7, 11) is 0. The van der Waals surface area contributed by atoms with E-state index in [0.717, 1.165) is 62.9 Å². The van der Waals surface area contributed by atoms with Crippen LogP contribution >= 0.6 is 50.5 Å². The van der Waals surface area contributed by atoms with Crippen LogP contribution in [-0.2, 0) is 29.1 Å². The molecule has 2 aromatic rings. The Kier molecular flexibility index (Phi) is 28.4. The number of carbonyl (C=O) groups is 4. The minimum Gasteiger partial charge on any atom is -1.00 e. The number of benzene rings is 2. The molecule has 0 spiro atoms. The van der Waals surface area contributed by atoms with Gasteiger partial charge in [0.15, 0.2) is 0 Å². The van der Waals surface area contributed by atoms with E-state index in [4.69, 9.17) is 0 Å². The van der Waals surface area contributed by atoms with Gasteiger partial charge in [-0.1, -0.05) is 49.2 Å². The molecule has 0 bridgehead atoms. The van der Waals surface area contributed by atoms with E-state index in [-0.39, 0.29) is 84.8 Å². The second-order valence-corrected chi connectivity index (χ2v) is 11.9. The predicted molar refractivity (Wildman–Crippen MR) is 179 cm³/mol. The first kappa shape index (κ1) is 45.5. The number of nitrogens with one attached hydrogen (secondary N) is 2. The molecule has 234 valence electrons. The summed E-state index contributed by atoms with van der Waals surface area (Å²) in [6, 6.07) is 12.5. The zero-order chi connectivity index (χ0) is 31.3. The van der Waals surface area contributed by atoms with Gasteiger partial charge in [-0.2, -0.15) is 50.5 Å². The maximum atomic E-state index is 11.8. The molecule has 2 rings (SSSR count). The van der Waals surface area contributed by atoms with Crippen LogP contribution in [0.1, 0.15) is 86.4 Å². The van der Waals surface area contributed by atoms with Gasteiger partial charge in [0.05, 0.1) is 11.9 Å². The molecule has 0 aliphatic heterocycles. The number of unbranched alkanes of at least 4 members (excludes halogenated alkanes) is 2. The quantitative estimate of drug-likeness (QED) is 0.0778. The van der Waals surface area contributed by atoms with Crippen molar-refractivity contribution in [1.82, 2.24) is 0 Å². The van der Waals surface area contributed by atoms with E-state index in [1.165, 1.54) is 12.1 Å². The molecular weight excluding hydrogens is 701 g/mol. The fraction of sp³-hybridized carbons (Fsp3) is 0.467. The summed E-state index contributed by atoms with van der Waals surface area (Å²) in [5.74, 6) is -1.34. The maximum Gasteiger partial charge on any atom is 2.00 e. The van der Waals surface area contributed by atoms with E-state index in [1.807, 2.05) is 0 Å². The van der Waals surface area contributed by atoms with Gasteiger partial charge in [-0.25, -0.2) is 0 Å². The molecule has 0 radical (unpaired) electrons. The van der Waals surface area contributed by atoms with Gasteiger partial charge in [0.25, 0.3) is 0 Å². The Labute approximate surface area is 319 Å². The van der Waals surface area contributed by atoms with Gasteiger partial charge in [0.1, 0.15) is 0 Å². The van der Waals surface area contributed by atoms with Crippen LogP contribution in [0.5, 0.6) is 0 Å². The van der Waals surface area contributed by atoms with Crippen LogP contribution in [0.4, 0.5) is 11.4 Å². The Hall–Kier alpha value is -0.657. The average molecular weight is 742 g/mol. The monoisotopic (exact) mass is 740 g/mol. The van der Waals surface area contributed by atoms with E-state index >= 15 is 0 Å². The Bertz CT molecular complexity index is 1070. The fourth-order valence-electron chi connectivity index (χ4n) is 3.88. The van der Waals surface area contributed by atoms with Gasteiger partial charge in [0, 0.05) is 45.8 Å². The van der Waals surface area contributed by atoms with Gasteiger partial charge in [-0.3, -0.25) is 9.59 Å². The summed E-state index contributed by atoms with van der Waals surface area (Å²) < 4.78 is 0. The largest absolute Gasteiger partial charge is 2.00 e. The zero-order valence-electron chi connectivity index (χ0n) is 26.2. The number of carbonyl (C=O) groups excluding carboxylic acids is 4. The number of amides is 2. The third-order valence-corrected chi connectivity index (χ3v) is 7.70. The SMILES string of the molecule is O=C(CCCCC(S)CCS)Nc1ccccc1C(=O)[O-].O=C(CCCCC(S)CCS)Nc1ccccc1C(=O)[O-].[H-].[Na+].[Zn+2]. The van der Waals surface area contributed by atoms with Crippen molar-refractivity contribution in [3.05, 3.63) is 59.7 Å². The number of rotatable bonds is 18. The number of thiol groups is 4. The van der Waals surface area contributed by atoms with Crippen LogP contribution in [-0.4, -0.2) is 45.8 Å². The van der Waals surface area contributed by atoms with Gasteiger partial charge in [0.2, 0.25) is 11.8 Å². The normalized spacial score (nSPS) is 11.4. The van der Waals surface area contributed by atoms with Crippen molar-refractivity contribution in [2.45, 2.75) is 74.7 Å². The zero-order valence-corrected chi connectivity index (χ0v) is 33.7. The number of para-hydroxylation sites is 2. The number of carboxylic acids is 2. The standard InChI is InChI=1S/2C15H21NO3S2.Na.Zn.H/c2*17-14(8-4-1-5-11(21)9-10-20)16-13-7-3-2-6-12(13)15(18)19;;;/h2*2-3,6-7,11,20-21H,1,4-5,8-10H2,(H,16,17)(H,18,19);;;/q;;+1;+2;-1/p-2. The molecule has 2 N–H and O–H groups in total. The molecule has 2 unspecified atom stereocenters. The van der Waals surface area contributed by atoms with Gasteiger partial charge in [-0.05, 0) is 62.2 Å². The first-order valence-electron chi connectivity index (χ1n) is 13.9. The first-order valence-corrected chi connectivity index (χ1v) is 16.2. The smallest absolute Gasteiger partial charge is 1.00 e. The predicted octanol–water partition coefficient (Wildman–Crippen LogP) is 1.45. The van der Waals surface area contributed by atoms with Crippen molar-refractivity contribution < 1.29 is 79.9 Å². The van der Waals surface area contributed by atoms with Crippen LogP contribution < -0.4 is 50.4 Å². The van der Waals surface area contributed by atoms with Crippen molar-refractivity contribution in [1.29, 1.82) is 0 Å². The second kappa shape index (κ2) is 27.5. The molecule has 0 fully saturated rings. The molecular formula is C30H41N2NaO6S4Zn. The minimum atomic E-state index is -1.30. The van der Waals surface area contributed by atoms with Crippen molar-refractivity contribution in [3.8, 4) is 0 Å². The molecule has 44 heavy (non-hydrogen) atoms. The van der Waals surface area contributed by atoms with E-state index in [9.17, 15) is 29.4 Å². The summed E-state index contributed by atoms with van der Waals surface area (Å²) in [6.07, 6.45) is 7.88. The Morgan fingerprint density at radius 3 is 1.30 bits per heavy atom. The second-order valence-electron chi connectivity index (χ2n) is 9.59.